The number of carbonyl (C=O) groups is 1. The molecule has 0 aromatic carbocycles. The van der Waals surface area contributed by atoms with Gasteiger partial charge in [0.1, 0.15) is 5.41 Å². The third kappa shape index (κ3) is 8.03. The van der Waals surface area contributed by atoms with E-state index in [0.29, 0.717) is 39.2 Å². The fourth-order valence-electron chi connectivity index (χ4n) is 2.31. The highest BCUT2D eigenvalue weighted by Crippen LogP contribution is 2.29. The lowest BCUT2D eigenvalue weighted by Gasteiger charge is -2.24. The smallest absolute Gasteiger partial charge is 0.240 e. The molecule has 0 fully saturated rings. The highest BCUT2D eigenvalue weighted by molar-refractivity contribution is 5.85. The average Bonchev–Trinajstić information content (AvgIpc) is 2.49. The number of unbranched alkanes of at least 4 members (excludes halogenated alkanes) is 1. The van der Waals surface area contributed by atoms with Gasteiger partial charge in [0.2, 0.25) is 5.91 Å². The second-order valence-corrected chi connectivity index (χ2v) is 5.26. The van der Waals surface area contributed by atoms with Gasteiger partial charge in [-0.3, -0.25) is 4.79 Å². The Kier molecular flexibility index (Phi) is 11.9. The van der Waals surface area contributed by atoms with Crippen molar-refractivity contribution in [2.24, 2.45) is 5.41 Å². The molecule has 1 N–H and O–H groups in total. The summed E-state index contributed by atoms with van der Waals surface area (Å²) in [5.41, 5.74) is -0.849. The molecule has 5 nitrogen and oxygen atoms in total. The van der Waals surface area contributed by atoms with E-state index < -0.39 is 5.41 Å². The standard InChI is InChI=1S/C16H30N2O3/c1-4-8-16(14-17,9-5-2)15(19)18-10-6-7-11-21-13-12-20-3/h4-13H2,1-3H3,(H,18,19). The summed E-state index contributed by atoms with van der Waals surface area (Å²) in [4.78, 5) is 12.3. The van der Waals surface area contributed by atoms with Crippen molar-refractivity contribution in [2.75, 3.05) is 33.5 Å². The lowest BCUT2D eigenvalue weighted by Crippen LogP contribution is -2.40. The Labute approximate surface area is 129 Å². The molecule has 0 unspecified atom stereocenters. The Hall–Kier alpha value is -1.12. The number of amides is 1. The van der Waals surface area contributed by atoms with Crippen LogP contribution >= 0.6 is 0 Å². The normalized spacial score (nSPS) is 11.1. The zero-order valence-corrected chi connectivity index (χ0v) is 13.7. The molecule has 0 spiro atoms. The lowest BCUT2D eigenvalue weighted by molar-refractivity contribution is -0.128. The number of carbonyl (C=O) groups excluding carboxylic acids is 1. The molecule has 5 heteroatoms. The van der Waals surface area contributed by atoms with E-state index in [1.54, 1.807) is 7.11 Å². The summed E-state index contributed by atoms with van der Waals surface area (Å²) in [5.74, 6) is -0.117. The summed E-state index contributed by atoms with van der Waals surface area (Å²) < 4.78 is 10.2. The zero-order valence-electron chi connectivity index (χ0n) is 13.7. The van der Waals surface area contributed by atoms with Crippen LogP contribution in [0.2, 0.25) is 0 Å². The number of nitrogens with zero attached hydrogens (tertiary/aromatic N) is 1. The van der Waals surface area contributed by atoms with Gasteiger partial charge in [0.05, 0.1) is 19.3 Å². The first kappa shape index (κ1) is 19.9. The number of methoxy groups -OCH3 is 1. The van der Waals surface area contributed by atoms with E-state index in [4.69, 9.17) is 9.47 Å². The molecule has 0 atom stereocenters. The molecule has 0 aliphatic carbocycles. The van der Waals surface area contributed by atoms with E-state index in [1.807, 2.05) is 13.8 Å². The van der Waals surface area contributed by atoms with E-state index in [1.165, 1.54) is 0 Å². The van der Waals surface area contributed by atoms with Gasteiger partial charge in [0, 0.05) is 20.3 Å². The van der Waals surface area contributed by atoms with Crippen LogP contribution in [0.25, 0.3) is 0 Å². The van der Waals surface area contributed by atoms with Crippen LogP contribution in [0.5, 0.6) is 0 Å². The van der Waals surface area contributed by atoms with E-state index in [0.717, 1.165) is 25.7 Å². The van der Waals surface area contributed by atoms with Gasteiger partial charge >= 0.3 is 0 Å². The van der Waals surface area contributed by atoms with Crippen LogP contribution in [-0.2, 0) is 14.3 Å². The van der Waals surface area contributed by atoms with Gasteiger partial charge < -0.3 is 14.8 Å². The van der Waals surface area contributed by atoms with Crippen LogP contribution in [-0.4, -0.2) is 39.4 Å². The molecule has 0 aromatic rings. The minimum atomic E-state index is -0.849. The number of rotatable bonds is 13. The van der Waals surface area contributed by atoms with Gasteiger partial charge in [-0.2, -0.15) is 5.26 Å². The predicted molar refractivity (Wildman–Crippen MR) is 82.8 cm³/mol. The first-order valence-electron chi connectivity index (χ1n) is 7.93. The Balaban J connectivity index is 3.96. The molecular formula is C16H30N2O3. The molecule has 1 amide bonds. The Morgan fingerprint density at radius 2 is 1.81 bits per heavy atom. The number of hydrogen-bond acceptors (Lipinski definition) is 4. The van der Waals surface area contributed by atoms with E-state index in [-0.39, 0.29) is 5.91 Å². The highest BCUT2D eigenvalue weighted by Gasteiger charge is 2.36. The highest BCUT2D eigenvalue weighted by atomic mass is 16.5. The van der Waals surface area contributed by atoms with Crippen LogP contribution in [0.3, 0.4) is 0 Å². The van der Waals surface area contributed by atoms with Gasteiger partial charge in [-0.05, 0) is 25.7 Å². The first-order chi connectivity index (χ1) is 10.2. The van der Waals surface area contributed by atoms with Gasteiger partial charge in [-0.1, -0.05) is 26.7 Å². The summed E-state index contributed by atoms with van der Waals surface area (Å²) in [6.45, 7) is 6.50. The van der Waals surface area contributed by atoms with Crippen molar-refractivity contribution >= 4 is 5.91 Å². The molecule has 0 radical (unpaired) electrons. The third-order valence-corrected chi connectivity index (χ3v) is 3.44. The summed E-state index contributed by atoms with van der Waals surface area (Å²) in [5, 5.41) is 12.3. The average molecular weight is 298 g/mol. The maximum Gasteiger partial charge on any atom is 0.240 e. The van der Waals surface area contributed by atoms with Crippen molar-refractivity contribution in [3.05, 3.63) is 0 Å². The third-order valence-electron chi connectivity index (χ3n) is 3.44. The molecule has 0 aliphatic rings. The molecule has 0 aromatic heterocycles. The maximum absolute atomic E-state index is 12.3. The summed E-state index contributed by atoms with van der Waals surface area (Å²) in [7, 11) is 1.65. The number of nitriles is 1. The fraction of sp³-hybridized carbons (Fsp3) is 0.875. The van der Waals surface area contributed by atoms with E-state index in [2.05, 4.69) is 11.4 Å². The van der Waals surface area contributed by atoms with Crippen molar-refractivity contribution in [1.82, 2.24) is 5.32 Å². The molecule has 0 aliphatic heterocycles. The molecule has 0 bridgehead atoms. The summed E-state index contributed by atoms with van der Waals surface area (Å²) >= 11 is 0. The second-order valence-electron chi connectivity index (χ2n) is 5.26. The van der Waals surface area contributed by atoms with Gasteiger partial charge in [0.15, 0.2) is 0 Å². The van der Waals surface area contributed by atoms with Crippen molar-refractivity contribution in [2.45, 2.75) is 52.4 Å². The Morgan fingerprint density at radius 3 is 2.33 bits per heavy atom. The van der Waals surface area contributed by atoms with Gasteiger partial charge in [-0.25, -0.2) is 0 Å². The van der Waals surface area contributed by atoms with Crippen LogP contribution in [0, 0.1) is 16.7 Å². The SMILES string of the molecule is CCCC(C#N)(CCC)C(=O)NCCCCOCCOC. The Bertz CT molecular complexity index is 307. The van der Waals surface area contributed by atoms with E-state index >= 15 is 0 Å². The topological polar surface area (TPSA) is 71.4 Å². The molecule has 21 heavy (non-hydrogen) atoms. The summed E-state index contributed by atoms with van der Waals surface area (Å²) in [6, 6.07) is 2.24. The summed E-state index contributed by atoms with van der Waals surface area (Å²) in [6.07, 6.45) is 4.69. The first-order valence-corrected chi connectivity index (χ1v) is 7.93. The minimum Gasteiger partial charge on any atom is -0.382 e. The fourth-order valence-corrected chi connectivity index (χ4v) is 2.31. The number of ether oxygens (including phenoxy) is 2. The second kappa shape index (κ2) is 12.6. The molecule has 0 rings (SSSR count). The lowest BCUT2D eigenvalue weighted by atomic mass is 9.80. The van der Waals surface area contributed by atoms with E-state index in [9.17, 15) is 10.1 Å². The van der Waals surface area contributed by atoms with Crippen molar-refractivity contribution in [1.29, 1.82) is 5.26 Å². The van der Waals surface area contributed by atoms with Crippen molar-refractivity contribution in [3.8, 4) is 6.07 Å². The molecule has 122 valence electrons. The monoisotopic (exact) mass is 298 g/mol. The van der Waals surface area contributed by atoms with Crippen molar-refractivity contribution in [3.63, 3.8) is 0 Å². The van der Waals surface area contributed by atoms with Gasteiger partial charge in [-0.15, -0.1) is 0 Å². The predicted octanol–water partition coefficient (Wildman–Crippen LogP) is 2.66. The van der Waals surface area contributed by atoms with Crippen LogP contribution in [0.15, 0.2) is 0 Å². The van der Waals surface area contributed by atoms with Crippen LogP contribution < -0.4 is 5.32 Å². The van der Waals surface area contributed by atoms with Gasteiger partial charge in [0.25, 0.3) is 0 Å². The molecular weight excluding hydrogens is 268 g/mol. The quantitative estimate of drug-likeness (QED) is 0.531. The largest absolute Gasteiger partial charge is 0.382 e. The maximum atomic E-state index is 12.3. The number of hydrogen-bond donors (Lipinski definition) is 1. The molecule has 0 saturated heterocycles. The minimum absolute atomic E-state index is 0.117. The molecule has 0 saturated carbocycles. The molecule has 0 heterocycles. The Morgan fingerprint density at radius 1 is 1.14 bits per heavy atom. The van der Waals surface area contributed by atoms with Crippen molar-refractivity contribution < 1.29 is 14.3 Å². The zero-order chi connectivity index (χ0) is 16.0. The van der Waals surface area contributed by atoms with Crippen LogP contribution in [0.1, 0.15) is 52.4 Å². The van der Waals surface area contributed by atoms with Crippen LogP contribution in [0.4, 0.5) is 0 Å². The number of nitrogens with one attached hydrogen (secondary N) is 1.